The van der Waals surface area contributed by atoms with E-state index in [0.717, 1.165) is 43.1 Å². The summed E-state index contributed by atoms with van der Waals surface area (Å²) in [5, 5.41) is 3.90. The highest BCUT2D eigenvalue weighted by molar-refractivity contribution is 7.15. The van der Waals surface area contributed by atoms with Gasteiger partial charge in [-0.3, -0.25) is 4.79 Å². The van der Waals surface area contributed by atoms with Gasteiger partial charge in [0.1, 0.15) is 6.04 Å². The average molecular weight is 280 g/mol. The number of fused-ring (bicyclic) bond motifs is 1. The quantitative estimate of drug-likeness (QED) is 0.854. The Morgan fingerprint density at radius 3 is 3.16 bits per heavy atom. The van der Waals surface area contributed by atoms with Crippen LogP contribution in [-0.2, 0) is 11.2 Å². The molecule has 0 bridgehead atoms. The normalized spacial score (nSPS) is 27.1. The van der Waals surface area contributed by atoms with Crippen molar-refractivity contribution >= 4 is 22.4 Å². The lowest BCUT2D eigenvalue weighted by Crippen LogP contribution is -2.55. The van der Waals surface area contributed by atoms with Crippen LogP contribution in [0.3, 0.4) is 0 Å². The molecule has 0 saturated carbocycles. The predicted octanol–water partition coefficient (Wildman–Crippen LogP) is 1.19. The summed E-state index contributed by atoms with van der Waals surface area (Å²) >= 11 is 1.68. The molecular weight excluding hydrogens is 260 g/mol. The number of aryl methyl sites for hydroxylation is 1. The molecule has 2 heterocycles. The van der Waals surface area contributed by atoms with Crippen molar-refractivity contribution in [2.45, 2.75) is 44.7 Å². The number of nitrogens with zero attached hydrogens (tertiary/aromatic N) is 2. The number of thiazole rings is 1. The van der Waals surface area contributed by atoms with Crippen LogP contribution >= 0.6 is 11.3 Å². The molecule has 1 fully saturated rings. The van der Waals surface area contributed by atoms with Crippen molar-refractivity contribution in [3.63, 3.8) is 0 Å². The Labute approximate surface area is 117 Å². The summed E-state index contributed by atoms with van der Waals surface area (Å²) in [6.45, 7) is 3.58. The first-order valence-corrected chi connectivity index (χ1v) is 7.82. The SMILES string of the molecule is CCC1C(=O)NCCN1c1nc2c(s1)C(N)CCC2. The number of carbonyl (C=O) groups excluding carboxylic acids is 1. The summed E-state index contributed by atoms with van der Waals surface area (Å²) in [6, 6.07) is 0.0475. The summed E-state index contributed by atoms with van der Waals surface area (Å²) in [7, 11) is 0. The fourth-order valence-electron chi connectivity index (χ4n) is 2.91. The molecule has 1 amide bonds. The Morgan fingerprint density at radius 2 is 2.42 bits per heavy atom. The third-order valence-electron chi connectivity index (χ3n) is 3.94. The van der Waals surface area contributed by atoms with Gasteiger partial charge in [-0.1, -0.05) is 18.3 Å². The molecule has 0 spiro atoms. The monoisotopic (exact) mass is 280 g/mol. The second-order valence-corrected chi connectivity index (χ2v) is 6.22. The minimum Gasteiger partial charge on any atom is -0.353 e. The predicted molar refractivity (Wildman–Crippen MR) is 76.4 cm³/mol. The fraction of sp³-hybridized carbons (Fsp3) is 0.692. The second kappa shape index (κ2) is 5.09. The van der Waals surface area contributed by atoms with Crippen molar-refractivity contribution in [2.24, 2.45) is 5.73 Å². The van der Waals surface area contributed by atoms with Gasteiger partial charge in [-0.15, -0.1) is 0 Å². The minimum atomic E-state index is -0.0856. The van der Waals surface area contributed by atoms with Crippen molar-refractivity contribution in [1.82, 2.24) is 10.3 Å². The van der Waals surface area contributed by atoms with Crippen LogP contribution in [0.2, 0.25) is 0 Å². The molecule has 19 heavy (non-hydrogen) atoms. The molecule has 2 unspecified atom stereocenters. The third kappa shape index (κ3) is 2.23. The number of amides is 1. The zero-order chi connectivity index (χ0) is 13.4. The summed E-state index contributed by atoms with van der Waals surface area (Å²) in [5.74, 6) is 0.117. The first-order valence-electron chi connectivity index (χ1n) is 7.00. The highest BCUT2D eigenvalue weighted by Gasteiger charge is 2.32. The van der Waals surface area contributed by atoms with Crippen LogP contribution in [0.5, 0.6) is 0 Å². The van der Waals surface area contributed by atoms with E-state index in [9.17, 15) is 4.79 Å². The number of aromatic nitrogens is 1. The van der Waals surface area contributed by atoms with Crippen molar-refractivity contribution in [2.75, 3.05) is 18.0 Å². The van der Waals surface area contributed by atoms with Gasteiger partial charge in [0.15, 0.2) is 5.13 Å². The maximum Gasteiger partial charge on any atom is 0.242 e. The highest BCUT2D eigenvalue weighted by atomic mass is 32.1. The molecule has 1 aromatic heterocycles. The van der Waals surface area contributed by atoms with Crippen LogP contribution in [0.15, 0.2) is 0 Å². The lowest BCUT2D eigenvalue weighted by atomic mass is 9.99. The summed E-state index contributed by atoms with van der Waals surface area (Å²) in [4.78, 5) is 20.0. The second-order valence-electron chi connectivity index (χ2n) is 5.21. The van der Waals surface area contributed by atoms with Crippen LogP contribution in [0, 0.1) is 0 Å². The first kappa shape index (κ1) is 12.9. The van der Waals surface area contributed by atoms with Crippen LogP contribution in [0.4, 0.5) is 5.13 Å². The number of hydrogen-bond acceptors (Lipinski definition) is 5. The summed E-state index contributed by atoms with van der Waals surface area (Å²) in [6.07, 6.45) is 4.00. The molecule has 1 saturated heterocycles. The lowest BCUT2D eigenvalue weighted by molar-refractivity contribution is -0.123. The summed E-state index contributed by atoms with van der Waals surface area (Å²) < 4.78 is 0. The van der Waals surface area contributed by atoms with Gasteiger partial charge in [-0.25, -0.2) is 4.98 Å². The van der Waals surface area contributed by atoms with Gasteiger partial charge in [-0.05, 0) is 25.7 Å². The number of carbonyl (C=O) groups is 1. The van der Waals surface area contributed by atoms with Crippen molar-refractivity contribution in [1.29, 1.82) is 0 Å². The van der Waals surface area contributed by atoms with Gasteiger partial charge >= 0.3 is 0 Å². The molecule has 1 aliphatic carbocycles. The maximum atomic E-state index is 11.9. The zero-order valence-corrected chi connectivity index (χ0v) is 12.0. The van der Waals surface area contributed by atoms with Gasteiger partial charge in [-0.2, -0.15) is 0 Å². The van der Waals surface area contributed by atoms with Crippen LogP contribution < -0.4 is 16.0 Å². The molecule has 5 nitrogen and oxygen atoms in total. The molecule has 3 rings (SSSR count). The van der Waals surface area contributed by atoms with Crippen molar-refractivity contribution < 1.29 is 4.79 Å². The fourth-order valence-corrected chi connectivity index (χ4v) is 4.14. The van der Waals surface area contributed by atoms with Crippen molar-refractivity contribution in [3.05, 3.63) is 10.6 Å². The Bertz CT molecular complexity index is 487. The Morgan fingerprint density at radius 1 is 1.58 bits per heavy atom. The number of rotatable bonds is 2. The molecule has 104 valence electrons. The van der Waals surface area contributed by atoms with Gasteiger partial charge in [0, 0.05) is 24.0 Å². The highest BCUT2D eigenvalue weighted by Crippen LogP contribution is 2.37. The Balaban J connectivity index is 1.91. The molecule has 3 N–H and O–H groups in total. The van der Waals surface area contributed by atoms with E-state index < -0.39 is 0 Å². The molecule has 0 aromatic carbocycles. The van der Waals surface area contributed by atoms with E-state index >= 15 is 0 Å². The molecule has 1 aliphatic heterocycles. The van der Waals surface area contributed by atoms with Gasteiger partial charge in [0.2, 0.25) is 5.91 Å². The molecule has 0 radical (unpaired) electrons. The van der Waals surface area contributed by atoms with Crippen molar-refractivity contribution in [3.8, 4) is 0 Å². The minimum absolute atomic E-state index is 0.0856. The van der Waals surface area contributed by atoms with E-state index in [1.54, 1.807) is 11.3 Å². The van der Waals surface area contributed by atoms with Crippen LogP contribution in [0.1, 0.15) is 42.8 Å². The van der Waals surface area contributed by atoms with E-state index in [2.05, 4.69) is 10.2 Å². The molecule has 6 heteroatoms. The Kier molecular flexibility index (Phi) is 3.45. The third-order valence-corrected chi connectivity index (χ3v) is 5.21. The number of anilines is 1. The standard InChI is InChI=1S/C13H20N4OS/c1-2-10-12(18)15-6-7-17(10)13-16-9-5-3-4-8(14)11(9)19-13/h8,10H,2-7,14H2,1H3,(H,15,18). The Hall–Kier alpha value is -1.14. The van der Waals surface area contributed by atoms with E-state index in [-0.39, 0.29) is 18.0 Å². The zero-order valence-electron chi connectivity index (χ0n) is 11.2. The van der Waals surface area contributed by atoms with E-state index in [1.807, 2.05) is 6.92 Å². The number of nitrogens with one attached hydrogen (secondary N) is 1. The number of hydrogen-bond donors (Lipinski definition) is 2. The van der Waals surface area contributed by atoms with Gasteiger partial charge < -0.3 is 16.0 Å². The number of piperazine rings is 1. The van der Waals surface area contributed by atoms with Gasteiger partial charge in [0.25, 0.3) is 0 Å². The molecule has 2 aliphatic rings. The van der Waals surface area contributed by atoms with Crippen LogP contribution in [0.25, 0.3) is 0 Å². The van der Waals surface area contributed by atoms with E-state index in [0.29, 0.717) is 6.54 Å². The van der Waals surface area contributed by atoms with E-state index in [4.69, 9.17) is 10.7 Å². The lowest BCUT2D eigenvalue weighted by Gasteiger charge is -2.34. The molecule has 1 aromatic rings. The van der Waals surface area contributed by atoms with Gasteiger partial charge in [0.05, 0.1) is 5.69 Å². The first-order chi connectivity index (χ1) is 9.20. The average Bonchev–Trinajstić information content (AvgIpc) is 2.84. The van der Waals surface area contributed by atoms with E-state index in [1.165, 1.54) is 4.88 Å². The summed E-state index contributed by atoms with van der Waals surface area (Å²) in [5.41, 5.74) is 7.31. The molecule has 2 atom stereocenters. The number of nitrogens with two attached hydrogens (primary N) is 1. The maximum absolute atomic E-state index is 11.9. The van der Waals surface area contributed by atoms with Crippen LogP contribution in [-0.4, -0.2) is 30.0 Å². The molecular formula is C13H20N4OS. The topological polar surface area (TPSA) is 71.2 Å². The largest absolute Gasteiger partial charge is 0.353 e. The smallest absolute Gasteiger partial charge is 0.242 e.